The summed E-state index contributed by atoms with van der Waals surface area (Å²) in [5, 5.41) is 6.08. The lowest BCUT2D eigenvalue weighted by molar-refractivity contribution is 0.0956. The van der Waals surface area contributed by atoms with E-state index in [0.717, 1.165) is 16.8 Å². The fourth-order valence-electron chi connectivity index (χ4n) is 2.05. The molecule has 2 aromatic rings. The number of nitrogens with two attached hydrogens (primary N) is 1. The number of amides is 1. The minimum Gasteiger partial charge on any atom is -0.399 e. The smallest absolute Gasteiger partial charge is 0.253 e. The van der Waals surface area contributed by atoms with Gasteiger partial charge in [-0.2, -0.15) is 0 Å². The molecule has 0 atom stereocenters. The third-order valence-corrected chi connectivity index (χ3v) is 3.23. The van der Waals surface area contributed by atoms with Gasteiger partial charge in [0.1, 0.15) is 0 Å². The summed E-state index contributed by atoms with van der Waals surface area (Å²) in [6.45, 7) is 5.10. The largest absolute Gasteiger partial charge is 0.399 e. The number of rotatable bonds is 5. The van der Waals surface area contributed by atoms with Gasteiger partial charge in [0.05, 0.1) is 5.56 Å². The van der Waals surface area contributed by atoms with Crippen molar-refractivity contribution in [1.29, 1.82) is 0 Å². The Morgan fingerprint density at radius 2 is 2.14 bits per heavy atom. The molecule has 0 saturated carbocycles. The molecular weight excluding hydrogens is 264 g/mol. The van der Waals surface area contributed by atoms with E-state index in [1.165, 1.54) is 0 Å². The zero-order valence-electron chi connectivity index (χ0n) is 12.3. The summed E-state index contributed by atoms with van der Waals surface area (Å²) in [7, 11) is 0. The third-order valence-electron chi connectivity index (χ3n) is 3.23. The molecule has 110 valence electrons. The van der Waals surface area contributed by atoms with Gasteiger partial charge in [0, 0.05) is 36.9 Å². The van der Waals surface area contributed by atoms with Crippen LogP contribution in [0.5, 0.6) is 0 Å². The van der Waals surface area contributed by atoms with Gasteiger partial charge in [-0.15, -0.1) is 0 Å². The molecule has 4 N–H and O–H groups in total. The van der Waals surface area contributed by atoms with Crippen molar-refractivity contribution in [2.45, 2.75) is 20.4 Å². The Hall–Kier alpha value is -2.56. The third kappa shape index (κ3) is 3.72. The number of nitrogens with zero attached hydrogens (tertiary/aromatic N) is 1. The van der Waals surface area contributed by atoms with E-state index >= 15 is 0 Å². The topological polar surface area (TPSA) is 80.0 Å². The molecule has 0 fully saturated rings. The van der Waals surface area contributed by atoms with E-state index in [2.05, 4.69) is 15.6 Å². The number of benzene rings is 1. The fourth-order valence-corrected chi connectivity index (χ4v) is 2.05. The first kappa shape index (κ1) is 14.8. The number of hydrogen-bond acceptors (Lipinski definition) is 4. The van der Waals surface area contributed by atoms with Crippen molar-refractivity contribution in [3.8, 4) is 0 Å². The first-order valence-electron chi connectivity index (χ1n) is 6.93. The predicted molar refractivity (Wildman–Crippen MR) is 85.2 cm³/mol. The van der Waals surface area contributed by atoms with E-state index in [4.69, 9.17) is 5.73 Å². The van der Waals surface area contributed by atoms with Crippen LogP contribution >= 0.6 is 0 Å². The first-order valence-corrected chi connectivity index (χ1v) is 6.93. The highest BCUT2D eigenvalue weighted by Crippen LogP contribution is 2.20. The molecule has 5 nitrogen and oxygen atoms in total. The molecule has 1 aromatic carbocycles. The summed E-state index contributed by atoms with van der Waals surface area (Å²) in [6, 6.07) is 7.21. The van der Waals surface area contributed by atoms with E-state index < -0.39 is 0 Å². The van der Waals surface area contributed by atoms with E-state index in [1.54, 1.807) is 24.4 Å². The van der Waals surface area contributed by atoms with Crippen molar-refractivity contribution in [3.05, 3.63) is 53.3 Å². The second-order valence-corrected chi connectivity index (χ2v) is 4.82. The quantitative estimate of drug-likeness (QED) is 0.736. The number of aryl methyl sites for hydroxylation is 1. The van der Waals surface area contributed by atoms with Crippen molar-refractivity contribution in [1.82, 2.24) is 10.3 Å². The van der Waals surface area contributed by atoms with Crippen LogP contribution in [0.2, 0.25) is 0 Å². The Kier molecular flexibility index (Phi) is 4.77. The highest BCUT2D eigenvalue weighted by atomic mass is 16.1. The SMILES string of the molecule is CCNC(=O)c1ccc(N)cc1NCc1ccncc1C. The fraction of sp³-hybridized carbons (Fsp3) is 0.250. The maximum atomic E-state index is 12.1. The normalized spacial score (nSPS) is 10.2. The van der Waals surface area contributed by atoms with Gasteiger partial charge in [-0.3, -0.25) is 9.78 Å². The van der Waals surface area contributed by atoms with Gasteiger partial charge in [-0.05, 0) is 49.2 Å². The number of anilines is 2. The van der Waals surface area contributed by atoms with Crippen LogP contribution in [0.4, 0.5) is 11.4 Å². The number of nitrogen functional groups attached to an aromatic ring is 1. The van der Waals surface area contributed by atoms with Gasteiger partial charge in [0.15, 0.2) is 0 Å². The van der Waals surface area contributed by atoms with Gasteiger partial charge in [0.2, 0.25) is 0 Å². The molecule has 21 heavy (non-hydrogen) atoms. The van der Waals surface area contributed by atoms with Crippen LogP contribution in [0.25, 0.3) is 0 Å². The highest BCUT2D eigenvalue weighted by Gasteiger charge is 2.11. The van der Waals surface area contributed by atoms with Gasteiger partial charge in [-0.25, -0.2) is 0 Å². The minimum absolute atomic E-state index is 0.105. The van der Waals surface area contributed by atoms with Gasteiger partial charge in [0.25, 0.3) is 5.91 Å². The average Bonchev–Trinajstić information content (AvgIpc) is 2.46. The maximum Gasteiger partial charge on any atom is 0.253 e. The molecule has 2 rings (SSSR count). The van der Waals surface area contributed by atoms with Crippen molar-refractivity contribution in [3.63, 3.8) is 0 Å². The molecule has 1 heterocycles. The molecular formula is C16H20N4O. The molecule has 1 amide bonds. The summed E-state index contributed by atoms with van der Waals surface area (Å²) in [4.78, 5) is 16.1. The molecule has 1 aromatic heterocycles. The molecule has 0 radical (unpaired) electrons. The van der Waals surface area contributed by atoms with Crippen molar-refractivity contribution in [2.75, 3.05) is 17.6 Å². The first-order chi connectivity index (χ1) is 10.1. The Labute approximate surface area is 124 Å². The van der Waals surface area contributed by atoms with Crippen LogP contribution in [0.3, 0.4) is 0 Å². The Bertz CT molecular complexity index is 640. The summed E-state index contributed by atoms with van der Waals surface area (Å²) in [6.07, 6.45) is 3.58. The summed E-state index contributed by atoms with van der Waals surface area (Å²) < 4.78 is 0. The molecule has 0 aliphatic rings. The second kappa shape index (κ2) is 6.74. The van der Waals surface area contributed by atoms with E-state index in [0.29, 0.717) is 24.3 Å². The Morgan fingerprint density at radius 1 is 1.33 bits per heavy atom. The predicted octanol–water partition coefficient (Wildman–Crippen LogP) is 2.33. The van der Waals surface area contributed by atoms with Gasteiger partial charge in [-0.1, -0.05) is 0 Å². The lowest BCUT2D eigenvalue weighted by Crippen LogP contribution is -2.24. The van der Waals surface area contributed by atoms with Gasteiger partial charge < -0.3 is 16.4 Å². The molecule has 0 aliphatic heterocycles. The summed E-state index contributed by atoms with van der Waals surface area (Å²) in [5.41, 5.74) is 10.0. The Morgan fingerprint density at radius 3 is 2.86 bits per heavy atom. The van der Waals surface area contributed by atoms with Crippen LogP contribution in [0.1, 0.15) is 28.4 Å². The van der Waals surface area contributed by atoms with Crippen LogP contribution in [-0.4, -0.2) is 17.4 Å². The number of carbonyl (C=O) groups excluding carboxylic acids is 1. The van der Waals surface area contributed by atoms with Crippen LogP contribution in [0.15, 0.2) is 36.7 Å². The molecule has 5 heteroatoms. The van der Waals surface area contributed by atoms with E-state index in [-0.39, 0.29) is 5.91 Å². The molecule has 0 saturated heterocycles. The van der Waals surface area contributed by atoms with E-state index in [9.17, 15) is 4.79 Å². The van der Waals surface area contributed by atoms with Crippen molar-refractivity contribution >= 4 is 17.3 Å². The minimum atomic E-state index is -0.105. The van der Waals surface area contributed by atoms with Crippen LogP contribution in [0, 0.1) is 6.92 Å². The monoisotopic (exact) mass is 284 g/mol. The van der Waals surface area contributed by atoms with Crippen molar-refractivity contribution < 1.29 is 4.79 Å². The molecule has 0 spiro atoms. The van der Waals surface area contributed by atoms with Crippen LogP contribution in [-0.2, 0) is 6.54 Å². The standard InChI is InChI=1S/C16H20N4O/c1-3-19-16(21)14-5-4-13(17)8-15(14)20-10-12-6-7-18-9-11(12)2/h4-9,20H,3,10,17H2,1-2H3,(H,19,21). The second-order valence-electron chi connectivity index (χ2n) is 4.82. The van der Waals surface area contributed by atoms with E-state index in [1.807, 2.05) is 26.1 Å². The van der Waals surface area contributed by atoms with Gasteiger partial charge >= 0.3 is 0 Å². The summed E-state index contributed by atoms with van der Waals surface area (Å²) >= 11 is 0. The molecule has 0 aliphatic carbocycles. The number of aromatic nitrogens is 1. The zero-order chi connectivity index (χ0) is 15.2. The lowest BCUT2D eigenvalue weighted by atomic mass is 10.1. The molecule has 0 unspecified atom stereocenters. The maximum absolute atomic E-state index is 12.1. The lowest BCUT2D eigenvalue weighted by Gasteiger charge is -2.13. The highest BCUT2D eigenvalue weighted by molar-refractivity contribution is 6.00. The number of nitrogens with one attached hydrogen (secondary N) is 2. The van der Waals surface area contributed by atoms with Crippen molar-refractivity contribution in [2.24, 2.45) is 0 Å². The summed E-state index contributed by atoms with van der Waals surface area (Å²) in [5.74, 6) is -0.105. The zero-order valence-corrected chi connectivity index (χ0v) is 12.3. The number of hydrogen-bond donors (Lipinski definition) is 3. The molecule has 0 bridgehead atoms. The Balaban J connectivity index is 2.20. The number of carbonyl (C=O) groups is 1. The number of pyridine rings is 1. The average molecular weight is 284 g/mol. The van der Waals surface area contributed by atoms with Crippen LogP contribution < -0.4 is 16.4 Å².